The van der Waals surface area contributed by atoms with Gasteiger partial charge in [-0.25, -0.2) is 0 Å². The molecule has 0 aromatic carbocycles. The van der Waals surface area contributed by atoms with E-state index < -0.39 is 12.1 Å². The number of amides is 1. The van der Waals surface area contributed by atoms with Crippen LogP contribution in [-0.2, 0) is 4.79 Å². The highest BCUT2D eigenvalue weighted by Gasteiger charge is 2.17. The number of nitrogens with one attached hydrogen (secondary N) is 1. The maximum Gasteiger partial charge on any atom is 0.220 e. The lowest BCUT2D eigenvalue weighted by atomic mass is 10.0. The summed E-state index contributed by atoms with van der Waals surface area (Å²) in [7, 11) is 0. The van der Waals surface area contributed by atoms with Gasteiger partial charge in [0, 0.05) is 6.42 Å². The number of carbonyl (C=O) groups excluding carboxylic acids is 1. The van der Waals surface area contributed by atoms with E-state index in [1.165, 1.54) is 212 Å². The van der Waals surface area contributed by atoms with Crippen LogP contribution in [0.2, 0.25) is 0 Å². The minimum Gasteiger partial charge on any atom is -0.394 e. The first-order valence-electron chi connectivity index (χ1n) is 25.9. The highest BCUT2D eigenvalue weighted by Crippen LogP contribution is 2.15. The molecule has 3 N–H and O–H groups in total. The molecule has 0 aliphatic carbocycles. The summed E-state index contributed by atoms with van der Waals surface area (Å²) >= 11 is 0. The lowest BCUT2D eigenvalue weighted by Gasteiger charge is -2.19. The Morgan fingerprint density at radius 2 is 0.724 bits per heavy atom. The van der Waals surface area contributed by atoms with E-state index in [1.807, 2.05) is 6.08 Å². The number of rotatable bonds is 47. The summed E-state index contributed by atoms with van der Waals surface area (Å²) in [6.07, 6.45) is 68.2. The van der Waals surface area contributed by atoms with Gasteiger partial charge in [-0.2, -0.15) is 0 Å². The van der Waals surface area contributed by atoms with E-state index in [4.69, 9.17) is 0 Å². The lowest BCUT2D eigenvalue weighted by Crippen LogP contribution is -2.45. The Kier molecular flexibility index (Phi) is 48.3. The van der Waals surface area contributed by atoms with Crippen LogP contribution in [0.4, 0.5) is 0 Å². The van der Waals surface area contributed by atoms with Crippen LogP contribution in [0.5, 0.6) is 0 Å². The van der Waals surface area contributed by atoms with Gasteiger partial charge in [0.1, 0.15) is 0 Å². The molecule has 2 unspecified atom stereocenters. The van der Waals surface area contributed by atoms with Gasteiger partial charge in [-0.3, -0.25) is 4.79 Å². The molecule has 0 saturated heterocycles. The maximum atomic E-state index is 12.4. The fourth-order valence-corrected chi connectivity index (χ4v) is 7.81. The van der Waals surface area contributed by atoms with E-state index in [1.54, 1.807) is 6.08 Å². The van der Waals surface area contributed by atoms with Crippen molar-refractivity contribution in [3.63, 3.8) is 0 Å². The molecule has 0 aliphatic heterocycles. The molecule has 0 spiro atoms. The van der Waals surface area contributed by atoms with Crippen molar-refractivity contribution >= 4 is 5.91 Å². The Bertz CT molecular complexity index is 923. The van der Waals surface area contributed by atoms with Gasteiger partial charge in [-0.15, -0.1) is 0 Å². The zero-order chi connectivity index (χ0) is 42.1. The van der Waals surface area contributed by atoms with Crippen molar-refractivity contribution < 1.29 is 15.0 Å². The van der Waals surface area contributed by atoms with Crippen LogP contribution in [0.3, 0.4) is 0 Å². The molecule has 0 bridgehead atoms. The summed E-state index contributed by atoms with van der Waals surface area (Å²) in [5.41, 5.74) is 0. The second kappa shape index (κ2) is 49.7. The molecular weight excluding hydrogens is 711 g/mol. The topological polar surface area (TPSA) is 69.6 Å². The first-order chi connectivity index (χ1) is 28.7. The van der Waals surface area contributed by atoms with E-state index in [0.717, 1.165) is 38.5 Å². The Morgan fingerprint density at radius 1 is 0.414 bits per heavy atom. The van der Waals surface area contributed by atoms with Crippen LogP contribution >= 0.6 is 0 Å². The van der Waals surface area contributed by atoms with Crippen molar-refractivity contribution in [2.75, 3.05) is 6.61 Å². The van der Waals surface area contributed by atoms with Crippen molar-refractivity contribution in [1.82, 2.24) is 5.32 Å². The van der Waals surface area contributed by atoms with Crippen LogP contribution in [0, 0.1) is 0 Å². The van der Waals surface area contributed by atoms with Gasteiger partial charge in [0.15, 0.2) is 0 Å². The van der Waals surface area contributed by atoms with Gasteiger partial charge in [0.2, 0.25) is 5.91 Å². The molecule has 0 fully saturated rings. The lowest BCUT2D eigenvalue weighted by molar-refractivity contribution is -0.123. The first-order valence-corrected chi connectivity index (χ1v) is 25.9. The molecule has 0 rings (SSSR count). The predicted octanol–water partition coefficient (Wildman–Crippen LogP) is 16.7. The fraction of sp³-hybridized carbons (Fsp3) is 0.833. The summed E-state index contributed by atoms with van der Waals surface area (Å²) in [6, 6.07) is -0.641. The minimum atomic E-state index is -0.864. The van der Waals surface area contributed by atoms with Crippen molar-refractivity contribution in [2.45, 2.75) is 283 Å². The number of hydrogen-bond acceptors (Lipinski definition) is 3. The van der Waals surface area contributed by atoms with Crippen LogP contribution < -0.4 is 5.32 Å². The number of hydrogen-bond donors (Lipinski definition) is 3. The third-order valence-corrected chi connectivity index (χ3v) is 11.8. The molecule has 340 valence electrons. The molecule has 0 heterocycles. The molecule has 1 amide bonds. The smallest absolute Gasteiger partial charge is 0.220 e. The van der Waals surface area contributed by atoms with Crippen molar-refractivity contribution in [3.05, 3.63) is 48.6 Å². The molecule has 0 aromatic rings. The Balaban J connectivity index is 3.56. The SMILES string of the molecule is CCCCCCCCCCC/C=C\C/C=C\CCCCCCCCCCCCCC(=O)NC(CO)C(O)/C=C/CC/C=C/CCCCCCCCCCCCCCC. The minimum absolute atomic E-state index is 0.0745. The van der Waals surface area contributed by atoms with E-state index in [9.17, 15) is 15.0 Å². The van der Waals surface area contributed by atoms with E-state index in [0.29, 0.717) is 6.42 Å². The highest BCUT2D eigenvalue weighted by molar-refractivity contribution is 5.76. The number of aliphatic hydroxyl groups excluding tert-OH is 2. The number of allylic oxidation sites excluding steroid dienone is 7. The first kappa shape index (κ1) is 56.4. The normalized spacial score (nSPS) is 13.2. The second-order valence-electron chi connectivity index (χ2n) is 17.6. The molecular formula is C54H101NO3. The van der Waals surface area contributed by atoms with Crippen molar-refractivity contribution in [2.24, 2.45) is 0 Å². The molecule has 4 nitrogen and oxygen atoms in total. The molecule has 4 heteroatoms. The average molecular weight is 812 g/mol. The summed E-state index contributed by atoms with van der Waals surface area (Å²) in [5, 5.41) is 23.1. The van der Waals surface area contributed by atoms with Gasteiger partial charge in [0.05, 0.1) is 18.8 Å². The quantitative estimate of drug-likeness (QED) is 0.0423. The molecule has 2 atom stereocenters. The van der Waals surface area contributed by atoms with Crippen LogP contribution in [0.15, 0.2) is 48.6 Å². The molecule has 58 heavy (non-hydrogen) atoms. The summed E-state index contributed by atoms with van der Waals surface area (Å²) < 4.78 is 0. The largest absolute Gasteiger partial charge is 0.394 e. The fourth-order valence-electron chi connectivity index (χ4n) is 7.81. The summed E-state index contributed by atoms with van der Waals surface area (Å²) in [4.78, 5) is 12.4. The summed E-state index contributed by atoms with van der Waals surface area (Å²) in [5.74, 6) is -0.0745. The maximum absolute atomic E-state index is 12.4. The van der Waals surface area contributed by atoms with E-state index in [-0.39, 0.29) is 12.5 Å². The standard InChI is InChI=1S/C54H101NO3/c1-3-5-7-9-11-13-15-17-19-21-23-24-25-26-27-28-29-30-32-34-36-38-40-42-44-46-48-50-54(58)55-52(51-56)53(57)49-47-45-43-41-39-37-35-33-31-22-20-18-16-14-12-10-8-6-4-2/h23-24,26-27,39,41,47,49,52-53,56-57H,3-22,25,28-38,40,42-46,48,50-51H2,1-2H3,(H,55,58)/b24-23-,27-26-,41-39+,49-47+. The monoisotopic (exact) mass is 812 g/mol. The van der Waals surface area contributed by atoms with Crippen molar-refractivity contribution in [3.8, 4) is 0 Å². The zero-order valence-corrected chi connectivity index (χ0v) is 39.1. The van der Waals surface area contributed by atoms with Crippen molar-refractivity contribution in [1.29, 1.82) is 0 Å². The summed E-state index contributed by atoms with van der Waals surface area (Å²) in [6.45, 7) is 4.31. The van der Waals surface area contributed by atoms with Gasteiger partial charge < -0.3 is 15.5 Å². The average Bonchev–Trinajstić information content (AvgIpc) is 3.23. The Labute approximate surface area is 363 Å². The number of unbranched alkanes of at least 4 members (excludes halogenated alkanes) is 34. The van der Waals surface area contributed by atoms with E-state index in [2.05, 4.69) is 55.6 Å². The third-order valence-electron chi connectivity index (χ3n) is 11.8. The van der Waals surface area contributed by atoms with Crippen LogP contribution in [0.1, 0.15) is 271 Å². The zero-order valence-electron chi connectivity index (χ0n) is 39.1. The number of aliphatic hydroxyl groups is 2. The number of carbonyl (C=O) groups is 1. The van der Waals surface area contributed by atoms with E-state index >= 15 is 0 Å². The van der Waals surface area contributed by atoms with Gasteiger partial charge in [-0.05, 0) is 64.2 Å². The van der Waals surface area contributed by atoms with Gasteiger partial charge >= 0.3 is 0 Å². The van der Waals surface area contributed by atoms with Crippen LogP contribution in [0.25, 0.3) is 0 Å². The molecule has 0 radical (unpaired) electrons. The molecule has 0 aliphatic rings. The predicted molar refractivity (Wildman–Crippen MR) is 258 cm³/mol. The molecule has 0 aromatic heterocycles. The highest BCUT2D eigenvalue weighted by atomic mass is 16.3. The Hall–Kier alpha value is -1.65. The van der Waals surface area contributed by atoms with Gasteiger partial charge in [0.25, 0.3) is 0 Å². The van der Waals surface area contributed by atoms with Gasteiger partial charge in [-0.1, -0.05) is 249 Å². The molecule has 0 saturated carbocycles. The second-order valence-corrected chi connectivity index (χ2v) is 17.6. The van der Waals surface area contributed by atoms with Crippen LogP contribution in [-0.4, -0.2) is 34.9 Å². The Morgan fingerprint density at radius 3 is 1.10 bits per heavy atom. The third kappa shape index (κ3) is 45.4.